The number of halogens is 2. The predicted octanol–water partition coefficient (Wildman–Crippen LogP) is 8.01. The number of nitrogens with one attached hydrogen (secondary N) is 2. The van der Waals surface area contributed by atoms with Crippen molar-refractivity contribution in [3.8, 4) is 0 Å². The monoisotopic (exact) mass is 722 g/mol. The molecule has 10 heteroatoms. The molecule has 0 radical (unpaired) electrons. The zero-order valence-corrected chi connectivity index (χ0v) is 27.5. The molecule has 0 heterocycles. The number of urea groups is 2. The smallest absolute Gasteiger partial charge is 0.322 e. The van der Waals surface area contributed by atoms with E-state index in [0.29, 0.717) is 52.6 Å². The van der Waals surface area contributed by atoms with Gasteiger partial charge in [0.25, 0.3) is 0 Å². The van der Waals surface area contributed by atoms with Crippen molar-refractivity contribution in [3.05, 3.63) is 129 Å². The van der Waals surface area contributed by atoms with Crippen molar-refractivity contribution in [3.63, 3.8) is 0 Å². The number of ether oxygens (including phenoxy) is 2. The number of rotatable bonds is 15. The van der Waals surface area contributed by atoms with E-state index in [4.69, 9.17) is 9.47 Å². The number of anilines is 2. The molecule has 8 nitrogen and oxygen atoms in total. The lowest BCUT2D eigenvalue weighted by Crippen LogP contribution is -2.37. The average molecular weight is 724 g/mol. The summed E-state index contributed by atoms with van der Waals surface area (Å²) in [5.41, 5.74) is 3.51. The lowest BCUT2D eigenvalue weighted by Gasteiger charge is -2.24. The summed E-state index contributed by atoms with van der Waals surface area (Å²) in [7, 11) is 0. The molecule has 0 aliphatic rings. The molecular formula is C34H36Br2N4O4. The van der Waals surface area contributed by atoms with Crippen LogP contribution in [-0.2, 0) is 22.6 Å². The summed E-state index contributed by atoms with van der Waals surface area (Å²) in [5, 5.41) is 5.92. The Bertz CT molecular complexity index is 1310. The first-order valence-electron chi connectivity index (χ1n) is 14.3. The fourth-order valence-electron chi connectivity index (χ4n) is 4.26. The van der Waals surface area contributed by atoms with Crippen molar-refractivity contribution in [1.82, 2.24) is 9.80 Å². The minimum atomic E-state index is -0.198. The molecule has 0 spiro atoms. The third-order valence-electron chi connectivity index (χ3n) is 6.58. The van der Waals surface area contributed by atoms with Crippen molar-refractivity contribution in [2.75, 3.05) is 50.2 Å². The molecule has 4 rings (SSSR count). The second-order valence-electron chi connectivity index (χ2n) is 9.91. The number of amides is 4. The number of hydrogen-bond donors (Lipinski definition) is 2. The van der Waals surface area contributed by atoms with E-state index in [-0.39, 0.29) is 12.1 Å². The van der Waals surface area contributed by atoms with Crippen molar-refractivity contribution in [2.24, 2.45) is 0 Å². The van der Waals surface area contributed by atoms with Crippen LogP contribution in [0.4, 0.5) is 21.0 Å². The zero-order valence-electron chi connectivity index (χ0n) is 24.3. The second kappa shape index (κ2) is 18.2. The van der Waals surface area contributed by atoms with Gasteiger partial charge in [-0.25, -0.2) is 9.59 Å². The van der Waals surface area contributed by atoms with Gasteiger partial charge in [0.15, 0.2) is 0 Å². The van der Waals surface area contributed by atoms with E-state index in [1.807, 2.05) is 109 Å². The molecule has 0 saturated heterocycles. The highest BCUT2D eigenvalue weighted by Gasteiger charge is 2.16. The van der Waals surface area contributed by atoms with Crippen LogP contribution in [0.1, 0.15) is 11.1 Å². The predicted molar refractivity (Wildman–Crippen MR) is 182 cm³/mol. The third-order valence-corrected chi connectivity index (χ3v) is 7.64. The molecule has 4 amide bonds. The van der Waals surface area contributed by atoms with Gasteiger partial charge in [-0.1, -0.05) is 92.5 Å². The molecule has 0 saturated carbocycles. The molecule has 44 heavy (non-hydrogen) atoms. The summed E-state index contributed by atoms with van der Waals surface area (Å²) in [5.74, 6) is 0. The number of carbonyl (C=O) groups is 2. The van der Waals surface area contributed by atoms with Crippen molar-refractivity contribution in [1.29, 1.82) is 0 Å². The van der Waals surface area contributed by atoms with E-state index in [1.54, 1.807) is 9.80 Å². The maximum absolute atomic E-state index is 13.1. The molecule has 230 valence electrons. The van der Waals surface area contributed by atoms with E-state index < -0.39 is 0 Å². The SMILES string of the molecule is O=C(Nc1ccc(Br)cc1)N(CCOCCOCCN(Cc1ccccc1)C(=O)Nc1ccc(Br)cc1)Cc1ccccc1. The fourth-order valence-corrected chi connectivity index (χ4v) is 4.78. The summed E-state index contributed by atoms with van der Waals surface area (Å²) in [6.07, 6.45) is 0. The first-order chi connectivity index (χ1) is 21.5. The Morgan fingerprint density at radius 1 is 0.523 bits per heavy atom. The van der Waals surface area contributed by atoms with Crippen molar-refractivity contribution >= 4 is 55.3 Å². The van der Waals surface area contributed by atoms with Gasteiger partial charge in [0.1, 0.15) is 0 Å². The van der Waals surface area contributed by atoms with Crippen LogP contribution in [0.2, 0.25) is 0 Å². The Hall–Kier alpha value is -3.70. The lowest BCUT2D eigenvalue weighted by molar-refractivity contribution is 0.0364. The highest BCUT2D eigenvalue weighted by atomic mass is 79.9. The molecule has 0 fully saturated rings. The minimum absolute atomic E-state index is 0.198. The first-order valence-corrected chi connectivity index (χ1v) is 15.9. The van der Waals surface area contributed by atoms with Gasteiger partial charge in [0, 0.05) is 46.5 Å². The maximum atomic E-state index is 13.1. The molecule has 0 aliphatic heterocycles. The Balaban J connectivity index is 1.21. The molecule has 0 aromatic heterocycles. The van der Waals surface area contributed by atoms with Crippen LogP contribution in [0.15, 0.2) is 118 Å². The standard InChI is InChI=1S/C34H36Br2N4O4/c35-29-11-15-31(16-12-29)37-33(41)39(25-27-7-3-1-4-8-27)19-21-43-23-24-44-22-20-40(26-28-9-5-2-6-10-28)34(42)38-32-17-13-30(36)14-18-32/h1-18H,19-26H2,(H,37,41)(H,38,42). The molecule has 0 bridgehead atoms. The van der Waals surface area contributed by atoms with E-state index >= 15 is 0 Å². The zero-order chi connectivity index (χ0) is 31.0. The van der Waals surface area contributed by atoms with Gasteiger partial charge in [-0.3, -0.25) is 0 Å². The van der Waals surface area contributed by atoms with Crippen LogP contribution in [0.3, 0.4) is 0 Å². The molecular weight excluding hydrogens is 688 g/mol. The van der Waals surface area contributed by atoms with Gasteiger partial charge in [-0.05, 0) is 59.7 Å². The minimum Gasteiger partial charge on any atom is -0.377 e. The van der Waals surface area contributed by atoms with Crippen LogP contribution in [0, 0.1) is 0 Å². The Labute approximate surface area is 275 Å². The van der Waals surface area contributed by atoms with Crippen LogP contribution >= 0.6 is 31.9 Å². The average Bonchev–Trinajstić information content (AvgIpc) is 3.04. The number of nitrogens with zero attached hydrogens (tertiary/aromatic N) is 2. The second-order valence-corrected chi connectivity index (χ2v) is 11.7. The van der Waals surface area contributed by atoms with Crippen LogP contribution < -0.4 is 10.6 Å². The van der Waals surface area contributed by atoms with E-state index in [0.717, 1.165) is 31.4 Å². The number of benzene rings is 4. The van der Waals surface area contributed by atoms with Gasteiger partial charge in [0.05, 0.1) is 26.4 Å². The van der Waals surface area contributed by atoms with Gasteiger partial charge in [0.2, 0.25) is 0 Å². The normalized spacial score (nSPS) is 10.7. The first kappa shape index (κ1) is 33.2. The molecule has 2 N–H and O–H groups in total. The summed E-state index contributed by atoms with van der Waals surface area (Å²) >= 11 is 6.84. The van der Waals surface area contributed by atoms with Gasteiger partial charge in [-0.2, -0.15) is 0 Å². The van der Waals surface area contributed by atoms with Crippen molar-refractivity contribution < 1.29 is 19.1 Å². The molecule has 0 unspecified atom stereocenters. The summed E-state index contributed by atoms with van der Waals surface area (Å²) in [6.45, 7) is 3.22. The van der Waals surface area contributed by atoms with Gasteiger partial charge < -0.3 is 29.9 Å². The van der Waals surface area contributed by atoms with Gasteiger partial charge >= 0.3 is 12.1 Å². The Morgan fingerprint density at radius 2 is 0.886 bits per heavy atom. The van der Waals surface area contributed by atoms with Crippen LogP contribution in [0.5, 0.6) is 0 Å². The highest BCUT2D eigenvalue weighted by molar-refractivity contribution is 9.10. The summed E-state index contributed by atoms with van der Waals surface area (Å²) in [6, 6.07) is 34.3. The summed E-state index contributed by atoms with van der Waals surface area (Å²) < 4.78 is 13.5. The van der Waals surface area contributed by atoms with Gasteiger partial charge in [-0.15, -0.1) is 0 Å². The number of hydrogen-bond acceptors (Lipinski definition) is 4. The maximum Gasteiger partial charge on any atom is 0.322 e. The quantitative estimate of drug-likeness (QED) is 0.122. The van der Waals surface area contributed by atoms with E-state index in [9.17, 15) is 9.59 Å². The van der Waals surface area contributed by atoms with E-state index in [1.165, 1.54) is 0 Å². The third kappa shape index (κ3) is 11.8. The van der Waals surface area contributed by atoms with Crippen LogP contribution in [-0.4, -0.2) is 61.4 Å². The molecule has 0 atom stereocenters. The largest absolute Gasteiger partial charge is 0.377 e. The Morgan fingerprint density at radius 3 is 1.25 bits per heavy atom. The lowest BCUT2D eigenvalue weighted by atomic mass is 10.2. The molecule has 4 aromatic rings. The molecule has 4 aromatic carbocycles. The summed E-state index contributed by atoms with van der Waals surface area (Å²) in [4.78, 5) is 29.6. The van der Waals surface area contributed by atoms with E-state index in [2.05, 4.69) is 42.5 Å². The van der Waals surface area contributed by atoms with Crippen molar-refractivity contribution in [2.45, 2.75) is 13.1 Å². The number of carbonyl (C=O) groups excluding carboxylic acids is 2. The molecule has 0 aliphatic carbocycles. The fraction of sp³-hybridized carbons (Fsp3) is 0.235. The Kier molecular flexibility index (Phi) is 13.7. The highest BCUT2D eigenvalue weighted by Crippen LogP contribution is 2.17. The van der Waals surface area contributed by atoms with Crippen LogP contribution in [0.25, 0.3) is 0 Å². The topological polar surface area (TPSA) is 83.1 Å².